The number of phenols is 1. The lowest BCUT2D eigenvalue weighted by molar-refractivity contribution is 0.258. The Hall–Kier alpha value is -3.41. The van der Waals surface area contributed by atoms with Gasteiger partial charge in [0.25, 0.3) is 0 Å². The van der Waals surface area contributed by atoms with E-state index in [4.69, 9.17) is 10.5 Å². The zero-order valence-electron chi connectivity index (χ0n) is 14.8. The van der Waals surface area contributed by atoms with Crippen molar-refractivity contribution in [2.24, 2.45) is 0 Å². The van der Waals surface area contributed by atoms with Crippen LogP contribution in [0.2, 0.25) is 0 Å². The standard InChI is InChI=1S/C22H16F3NO2/c1-11-16-10-15(27)6-7-19(16)28-22(12-2-4-14(26)5-3-12)20(11)21-17(24)8-13(23)9-18(21)25/h2-10,22,27H,26H2,1H3. The van der Waals surface area contributed by atoms with Crippen molar-refractivity contribution >= 4 is 16.8 Å². The fourth-order valence-corrected chi connectivity index (χ4v) is 3.47. The molecule has 0 radical (unpaired) electrons. The molecule has 3 nitrogen and oxygen atoms in total. The lowest BCUT2D eigenvalue weighted by Gasteiger charge is -2.31. The first-order valence-electron chi connectivity index (χ1n) is 8.56. The third-order valence-electron chi connectivity index (χ3n) is 4.79. The molecule has 3 N–H and O–H groups in total. The van der Waals surface area contributed by atoms with Crippen LogP contribution >= 0.6 is 0 Å². The maximum Gasteiger partial charge on any atom is 0.150 e. The van der Waals surface area contributed by atoms with E-state index in [9.17, 15) is 18.3 Å². The molecule has 3 aromatic rings. The number of aromatic hydroxyl groups is 1. The molecule has 0 saturated heterocycles. The monoisotopic (exact) mass is 383 g/mol. The van der Waals surface area contributed by atoms with Crippen molar-refractivity contribution < 1.29 is 23.0 Å². The molecule has 1 heterocycles. The van der Waals surface area contributed by atoms with Gasteiger partial charge in [0, 0.05) is 29.0 Å². The van der Waals surface area contributed by atoms with Crippen molar-refractivity contribution in [3.05, 3.63) is 88.7 Å². The fraction of sp³-hybridized carbons (Fsp3) is 0.0909. The van der Waals surface area contributed by atoms with Crippen LogP contribution in [0.15, 0.2) is 54.6 Å². The Bertz CT molecular complexity index is 1080. The van der Waals surface area contributed by atoms with Gasteiger partial charge >= 0.3 is 0 Å². The second kappa shape index (κ2) is 6.64. The Balaban J connectivity index is 2.01. The van der Waals surface area contributed by atoms with Crippen molar-refractivity contribution in [2.45, 2.75) is 13.0 Å². The van der Waals surface area contributed by atoms with E-state index in [0.29, 0.717) is 40.3 Å². The molecule has 142 valence electrons. The number of rotatable bonds is 2. The minimum absolute atomic E-state index is 0.00738. The molecular formula is C22H16F3NO2. The predicted molar refractivity (Wildman–Crippen MR) is 101 cm³/mol. The van der Waals surface area contributed by atoms with Crippen LogP contribution in [0.5, 0.6) is 11.5 Å². The van der Waals surface area contributed by atoms with E-state index >= 15 is 0 Å². The number of allylic oxidation sites excluding steroid dienone is 1. The Kier molecular flexibility index (Phi) is 4.26. The number of hydrogen-bond donors (Lipinski definition) is 2. The fourth-order valence-electron chi connectivity index (χ4n) is 3.47. The molecule has 0 saturated carbocycles. The topological polar surface area (TPSA) is 55.5 Å². The Morgan fingerprint density at radius 1 is 0.929 bits per heavy atom. The van der Waals surface area contributed by atoms with Crippen molar-refractivity contribution in [1.82, 2.24) is 0 Å². The van der Waals surface area contributed by atoms with Gasteiger partial charge in [-0.15, -0.1) is 0 Å². The third-order valence-corrected chi connectivity index (χ3v) is 4.79. The van der Waals surface area contributed by atoms with E-state index < -0.39 is 23.6 Å². The van der Waals surface area contributed by atoms with Crippen LogP contribution in [0.4, 0.5) is 18.9 Å². The van der Waals surface area contributed by atoms with E-state index in [1.807, 2.05) is 0 Å². The largest absolute Gasteiger partial charge is 0.508 e. The molecule has 1 unspecified atom stereocenters. The number of nitrogens with two attached hydrogens (primary N) is 1. The number of nitrogen functional groups attached to an aromatic ring is 1. The van der Waals surface area contributed by atoms with Crippen LogP contribution in [0.1, 0.15) is 29.7 Å². The molecule has 1 aliphatic rings. The smallest absolute Gasteiger partial charge is 0.150 e. The molecule has 0 fully saturated rings. The van der Waals surface area contributed by atoms with Gasteiger partial charge in [-0.25, -0.2) is 13.2 Å². The van der Waals surface area contributed by atoms with Gasteiger partial charge in [0.1, 0.15) is 35.1 Å². The number of benzene rings is 3. The summed E-state index contributed by atoms with van der Waals surface area (Å²) >= 11 is 0. The highest BCUT2D eigenvalue weighted by atomic mass is 19.1. The highest BCUT2D eigenvalue weighted by Crippen LogP contribution is 2.48. The second-order valence-corrected chi connectivity index (χ2v) is 6.63. The highest BCUT2D eigenvalue weighted by Gasteiger charge is 2.33. The van der Waals surface area contributed by atoms with Crippen molar-refractivity contribution in [1.29, 1.82) is 0 Å². The number of hydrogen-bond acceptors (Lipinski definition) is 3. The summed E-state index contributed by atoms with van der Waals surface area (Å²) in [5.74, 6) is -2.61. The number of phenolic OH excluding ortho intramolecular Hbond substituents is 1. The zero-order valence-corrected chi connectivity index (χ0v) is 14.8. The molecule has 28 heavy (non-hydrogen) atoms. The number of halogens is 3. The summed E-state index contributed by atoms with van der Waals surface area (Å²) in [7, 11) is 0. The summed E-state index contributed by atoms with van der Waals surface area (Å²) in [5.41, 5.74) is 7.78. The lowest BCUT2D eigenvalue weighted by atomic mass is 9.85. The Morgan fingerprint density at radius 3 is 2.21 bits per heavy atom. The molecule has 3 aromatic carbocycles. The summed E-state index contributed by atoms with van der Waals surface area (Å²) in [6, 6.07) is 12.5. The van der Waals surface area contributed by atoms with Gasteiger partial charge in [-0.2, -0.15) is 0 Å². The predicted octanol–water partition coefficient (Wildman–Crippen LogP) is 5.46. The van der Waals surface area contributed by atoms with E-state index in [1.165, 1.54) is 12.1 Å². The first-order chi connectivity index (χ1) is 13.3. The molecule has 6 heteroatoms. The molecule has 1 atom stereocenters. The van der Waals surface area contributed by atoms with Crippen LogP contribution in [0, 0.1) is 17.5 Å². The van der Waals surface area contributed by atoms with E-state index in [0.717, 1.165) is 0 Å². The minimum Gasteiger partial charge on any atom is -0.508 e. The maximum atomic E-state index is 14.6. The number of ether oxygens (including phenoxy) is 1. The van der Waals surface area contributed by atoms with Crippen LogP contribution in [0.25, 0.3) is 11.1 Å². The van der Waals surface area contributed by atoms with Gasteiger partial charge in [0.05, 0.1) is 5.56 Å². The second-order valence-electron chi connectivity index (χ2n) is 6.63. The molecule has 0 aromatic heterocycles. The van der Waals surface area contributed by atoms with Crippen LogP contribution in [0.3, 0.4) is 0 Å². The normalized spacial score (nSPS) is 15.9. The highest BCUT2D eigenvalue weighted by molar-refractivity contribution is 5.96. The number of anilines is 1. The van der Waals surface area contributed by atoms with Gasteiger partial charge in [-0.3, -0.25) is 0 Å². The lowest BCUT2D eigenvalue weighted by Crippen LogP contribution is -2.18. The summed E-state index contributed by atoms with van der Waals surface area (Å²) in [6.45, 7) is 1.68. The molecular weight excluding hydrogens is 367 g/mol. The third kappa shape index (κ3) is 2.97. The zero-order chi connectivity index (χ0) is 20.0. The minimum atomic E-state index is -1.03. The molecule has 0 spiro atoms. The molecule has 0 bridgehead atoms. The van der Waals surface area contributed by atoms with Crippen molar-refractivity contribution in [3.63, 3.8) is 0 Å². The SMILES string of the molecule is CC1=C(c2c(F)cc(F)cc2F)C(c2ccc(N)cc2)Oc2ccc(O)cc21. The number of fused-ring (bicyclic) bond motifs is 1. The average Bonchev–Trinajstić information content (AvgIpc) is 2.64. The molecule has 1 aliphatic heterocycles. The van der Waals surface area contributed by atoms with Crippen molar-refractivity contribution in [2.75, 3.05) is 5.73 Å². The van der Waals surface area contributed by atoms with E-state index in [-0.39, 0.29) is 16.9 Å². The van der Waals surface area contributed by atoms with E-state index in [1.54, 1.807) is 37.3 Å². The molecule has 4 rings (SSSR count). The van der Waals surface area contributed by atoms with Gasteiger partial charge in [-0.1, -0.05) is 12.1 Å². The van der Waals surface area contributed by atoms with Gasteiger partial charge in [-0.05, 0) is 48.4 Å². The summed E-state index contributed by atoms with van der Waals surface area (Å²) < 4.78 is 48.8. The van der Waals surface area contributed by atoms with Crippen LogP contribution in [-0.4, -0.2) is 5.11 Å². The van der Waals surface area contributed by atoms with E-state index in [2.05, 4.69) is 0 Å². The first-order valence-corrected chi connectivity index (χ1v) is 8.56. The molecule has 0 aliphatic carbocycles. The van der Waals surface area contributed by atoms with Gasteiger partial charge < -0.3 is 15.6 Å². The van der Waals surface area contributed by atoms with Gasteiger partial charge in [0.15, 0.2) is 0 Å². The van der Waals surface area contributed by atoms with Gasteiger partial charge in [0.2, 0.25) is 0 Å². The molecule has 0 amide bonds. The Labute approximate surface area is 159 Å². The maximum absolute atomic E-state index is 14.6. The van der Waals surface area contributed by atoms with Crippen LogP contribution in [-0.2, 0) is 0 Å². The van der Waals surface area contributed by atoms with Crippen molar-refractivity contribution in [3.8, 4) is 11.5 Å². The summed E-state index contributed by atoms with van der Waals surface area (Å²) in [5, 5.41) is 9.83. The quantitative estimate of drug-likeness (QED) is 0.578. The first kappa shape index (κ1) is 18.0. The summed E-state index contributed by atoms with van der Waals surface area (Å²) in [6.07, 6.45) is -0.841. The van der Waals surface area contributed by atoms with Crippen LogP contribution < -0.4 is 10.5 Å². The Morgan fingerprint density at radius 2 is 1.57 bits per heavy atom. The average molecular weight is 383 g/mol. The summed E-state index contributed by atoms with van der Waals surface area (Å²) in [4.78, 5) is 0.